The van der Waals surface area contributed by atoms with Gasteiger partial charge in [-0.2, -0.15) is 0 Å². The maximum atomic E-state index is 1.84. The highest BCUT2D eigenvalue weighted by atomic mass is 15.6. The highest BCUT2D eigenvalue weighted by Gasteiger charge is 3.58. The molecule has 0 radical (unpaired) electrons. The van der Waals surface area contributed by atoms with Gasteiger partial charge in [-0.1, -0.05) is 0 Å². The lowest BCUT2D eigenvalue weighted by atomic mass is 8.48. The molecule has 28 rings (SSSR count). The van der Waals surface area contributed by atoms with Gasteiger partial charge in [0.25, 0.3) is 0 Å². The molecule has 0 amide bonds. The predicted molar refractivity (Wildman–Crippen MR) is 125 cm³/mol. The normalized spacial score (nSPS) is 137. The molecule has 17 spiro atoms. The van der Waals surface area contributed by atoms with Crippen LogP contribution in [0.5, 0.6) is 0 Å². The van der Waals surface area contributed by atoms with Gasteiger partial charge in [0.15, 0.2) is 0 Å². The smallest absolute Gasteiger partial charge is 0.00190 e. The molecule has 0 heteroatoms. The fraction of sp³-hybridized carbons (Fsp3) is 1.00. The Bertz CT molecular complexity index is 2420. The van der Waals surface area contributed by atoms with Crippen molar-refractivity contribution in [3.8, 4) is 0 Å². The second-order valence-electron chi connectivity index (χ2n) is 25.7. The number of hydrogen-bond acceptors (Lipinski definition) is 0. The summed E-state index contributed by atoms with van der Waals surface area (Å²) in [5.41, 5.74) is 19.0. The lowest BCUT2D eigenvalue weighted by Crippen LogP contribution is -3.53. The van der Waals surface area contributed by atoms with E-state index in [1.807, 2.05) is 19.3 Å². The minimum Gasteiger partial charge on any atom is -0.0458 e. The first kappa shape index (κ1) is 13.6. The van der Waals surface area contributed by atoms with Gasteiger partial charge in [0.1, 0.15) is 0 Å². The molecule has 28 fully saturated rings. The molecule has 0 N–H and O–H groups in total. The third-order valence-electron chi connectivity index (χ3n) is 34.0. The molecule has 0 aliphatic heterocycles. The molecule has 0 nitrogen and oxygen atoms in total. The van der Waals surface area contributed by atoms with Crippen LogP contribution in [0.15, 0.2) is 0 Å². The van der Waals surface area contributed by atoms with E-state index in [0.29, 0.717) is 0 Å². The topological polar surface area (TPSA) is 0 Å². The van der Waals surface area contributed by atoms with E-state index in [9.17, 15) is 0 Å². The summed E-state index contributed by atoms with van der Waals surface area (Å²) in [6.45, 7) is 0. The Morgan fingerprint density at radius 3 is 1.68 bits per heavy atom. The molecular formula is C40H26. The Kier molecular flexibility index (Phi) is 0.701. The molecule has 0 aromatic rings. The second-order valence-corrected chi connectivity index (χ2v) is 25.7. The highest BCUT2D eigenvalue weighted by molar-refractivity contribution is 6.02. The summed E-state index contributed by atoms with van der Waals surface area (Å²) in [5.74, 6) is 27.9. The van der Waals surface area contributed by atoms with E-state index in [0.717, 1.165) is 92.1 Å². The lowest BCUT2D eigenvalue weighted by Gasteiger charge is -3.54. The summed E-state index contributed by atoms with van der Waals surface area (Å²) in [7, 11) is 0. The number of fused-ring (bicyclic) bond motifs is 11. The second kappa shape index (κ2) is 2.07. The largest absolute Gasteiger partial charge is 0.0458 e. The van der Waals surface area contributed by atoms with Gasteiger partial charge in [0.2, 0.25) is 0 Å². The van der Waals surface area contributed by atoms with Crippen molar-refractivity contribution in [2.75, 3.05) is 0 Å². The number of hydrogen-bond donors (Lipinski definition) is 0. The molecule has 28 aliphatic carbocycles. The Morgan fingerprint density at radius 1 is 0.275 bits per heavy atom. The number of rotatable bonds is 0. The van der Waals surface area contributed by atoms with Crippen LogP contribution in [-0.4, -0.2) is 0 Å². The zero-order valence-electron chi connectivity index (χ0n) is 22.2. The predicted octanol–water partition coefficient (Wildman–Crippen LogP) is 3.63. The minimum atomic E-state index is 1.08. The summed E-state index contributed by atoms with van der Waals surface area (Å²) < 4.78 is 0. The van der Waals surface area contributed by atoms with E-state index >= 15 is 0 Å². The van der Waals surface area contributed by atoms with Crippen LogP contribution in [0.3, 0.4) is 0 Å². The van der Waals surface area contributed by atoms with Crippen LogP contribution < -0.4 is 0 Å². The average Bonchev–Trinajstić information content (AvgIpc) is 2.89. The van der Waals surface area contributed by atoms with Gasteiger partial charge < -0.3 is 0 Å². The molecule has 0 saturated heterocycles. The van der Waals surface area contributed by atoms with Crippen LogP contribution >= 0.6 is 0 Å². The Hall–Kier alpha value is 0. The van der Waals surface area contributed by atoms with Crippen LogP contribution in [0.4, 0.5) is 0 Å². The molecule has 28 saturated carbocycles. The summed E-state index contributed by atoms with van der Waals surface area (Å²) in [6, 6.07) is 0. The SMILES string of the molecule is C1C2C3C4C5C6C7C8C9C4%10C4C%11CC%12C%13CC%14C%15C%16C%17C%18C%19C%20C1C21C35C62C%201C%191C72C82C%181C%171C%163C%155C%13%14C%12%11C45C%103C921. The van der Waals surface area contributed by atoms with Crippen LogP contribution in [-0.2, 0) is 0 Å². The molecule has 37 atom stereocenters. The van der Waals surface area contributed by atoms with Gasteiger partial charge in [-0.3, -0.25) is 0 Å². The van der Waals surface area contributed by atoms with E-state index in [2.05, 4.69) is 0 Å². The molecule has 0 heterocycles. The monoisotopic (exact) mass is 506 g/mol. The molecule has 0 aromatic carbocycles. The van der Waals surface area contributed by atoms with Crippen molar-refractivity contribution >= 4 is 0 Å². The van der Waals surface area contributed by atoms with E-state index in [-0.39, 0.29) is 0 Å². The fourth-order valence-corrected chi connectivity index (χ4v) is 42.5. The van der Waals surface area contributed by atoms with E-state index < -0.39 is 0 Å². The summed E-state index contributed by atoms with van der Waals surface area (Å²) in [4.78, 5) is 0. The highest BCUT2D eigenvalue weighted by Crippen LogP contribution is 3.59. The van der Waals surface area contributed by atoms with Crippen molar-refractivity contribution in [3.05, 3.63) is 0 Å². The standard InChI is InChI=1S/C40H26/c1-4-5-2-9-22-24-13-10-6-3-8-11-15-18-19-16-12-7(1)25(4)26(5,9)38(22)30(12,25)37(16)35(19)34(18)32(15)29(11)27(6,8)28(10)14(13)17-20-21-23(24)39(35,40(24,37)38)36(21,34)33(20,32)31(17,28)29/h4-23H,1-3H2. The van der Waals surface area contributed by atoms with Gasteiger partial charge in [-0.15, -0.1) is 0 Å². The van der Waals surface area contributed by atoms with E-state index in [1.54, 1.807) is 0 Å². The molecule has 0 bridgehead atoms. The van der Waals surface area contributed by atoms with Gasteiger partial charge >= 0.3 is 0 Å². The summed E-state index contributed by atoms with van der Waals surface area (Å²) >= 11 is 0. The van der Waals surface area contributed by atoms with Crippen molar-refractivity contribution in [1.29, 1.82) is 0 Å². The quantitative estimate of drug-likeness (QED) is 0.471. The first-order valence-electron chi connectivity index (χ1n) is 19.9. The summed E-state index contributed by atoms with van der Waals surface area (Å²) in [5, 5.41) is 0. The fourth-order valence-electron chi connectivity index (χ4n) is 42.5. The third kappa shape index (κ3) is 0.302. The first-order chi connectivity index (χ1) is 19.9. The molecule has 186 valence electrons. The van der Waals surface area contributed by atoms with Crippen molar-refractivity contribution < 1.29 is 0 Å². The molecule has 0 aromatic heterocycles. The van der Waals surface area contributed by atoms with Gasteiger partial charge in [-0.25, -0.2) is 0 Å². The van der Waals surface area contributed by atoms with Gasteiger partial charge in [0.05, 0.1) is 0 Å². The van der Waals surface area contributed by atoms with Crippen molar-refractivity contribution in [1.82, 2.24) is 0 Å². The van der Waals surface area contributed by atoms with Crippen LogP contribution in [0.25, 0.3) is 0 Å². The molecule has 37 unspecified atom stereocenters. The lowest BCUT2D eigenvalue weighted by molar-refractivity contribution is -1.10. The summed E-state index contributed by atoms with van der Waals surface area (Å²) in [6.07, 6.45) is 5.48. The molecule has 28 aliphatic rings. The van der Waals surface area contributed by atoms with E-state index in [4.69, 9.17) is 0 Å². The van der Waals surface area contributed by atoms with Gasteiger partial charge in [0, 0.05) is 0 Å². The van der Waals surface area contributed by atoms with Gasteiger partial charge in [-0.05, 0) is 230 Å². The van der Waals surface area contributed by atoms with Crippen molar-refractivity contribution in [2.45, 2.75) is 19.3 Å². The van der Waals surface area contributed by atoms with Crippen LogP contribution in [0.1, 0.15) is 19.3 Å². The van der Waals surface area contributed by atoms with Crippen LogP contribution in [0, 0.1) is 210 Å². The Labute approximate surface area is 229 Å². The average molecular weight is 507 g/mol. The zero-order valence-corrected chi connectivity index (χ0v) is 22.2. The Morgan fingerprint density at radius 2 is 0.800 bits per heavy atom. The Balaban J connectivity index is 0.984. The maximum absolute atomic E-state index is 1.84. The van der Waals surface area contributed by atoms with Crippen LogP contribution in [0.2, 0.25) is 0 Å². The van der Waals surface area contributed by atoms with Crippen molar-refractivity contribution in [2.24, 2.45) is 210 Å². The third-order valence-corrected chi connectivity index (χ3v) is 34.0. The zero-order chi connectivity index (χ0) is 22.2. The van der Waals surface area contributed by atoms with Crippen molar-refractivity contribution in [3.63, 3.8) is 0 Å². The molecular weight excluding hydrogens is 480 g/mol. The van der Waals surface area contributed by atoms with E-state index in [1.165, 1.54) is 118 Å². The first-order valence-corrected chi connectivity index (χ1v) is 19.9. The molecule has 40 heavy (non-hydrogen) atoms. The maximum Gasteiger partial charge on any atom is -0.00190 e. The minimum absolute atomic E-state index is 1.08.